The highest BCUT2D eigenvalue weighted by molar-refractivity contribution is 5.52. The van der Waals surface area contributed by atoms with Gasteiger partial charge in [0.2, 0.25) is 0 Å². The van der Waals surface area contributed by atoms with Crippen molar-refractivity contribution < 1.29 is 9.90 Å². The van der Waals surface area contributed by atoms with Gasteiger partial charge >= 0.3 is 0 Å². The van der Waals surface area contributed by atoms with Gasteiger partial charge in [0.15, 0.2) is 0 Å². The lowest BCUT2D eigenvalue weighted by Gasteiger charge is -2.28. The first-order chi connectivity index (χ1) is 5.73. The van der Waals surface area contributed by atoms with Gasteiger partial charge in [-0.3, -0.25) is 0 Å². The standard InChI is InChI=1S/C10H16O2/c1-2-10(12,7-8-11)9-5-3-4-6-9/h2,8-9,12H,1,3-7H2. The maximum absolute atomic E-state index is 10.3. The van der Waals surface area contributed by atoms with E-state index >= 15 is 0 Å². The van der Waals surface area contributed by atoms with Crippen molar-refractivity contribution in [1.29, 1.82) is 0 Å². The van der Waals surface area contributed by atoms with Crippen LogP contribution >= 0.6 is 0 Å². The van der Waals surface area contributed by atoms with Gasteiger partial charge in [-0.25, -0.2) is 0 Å². The Bertz CT molecular complexity index is 171. The van der Waals surface area contributed by atoms with Crippen molar-refractivity contribution in [1.82, 2.24) is 0 Å². The molecule has 68 valence electrons. The summed E-state index contributed by atoms with van der Waals surface area (Å²) in [6, 6.07) is 0. The van der Waals surface area contributed by atoms with E-state index in [4.69, 9.17) is 0 Å². The summed E-state index contributed by atoms with van der Waals surface area (Å²) in [6.07, 6.45) is 6.88. The van der Waals surface area contributed by atoms with Crippen molar-refractivity contribution in [3.63, 3.8) is 0 Å². The van der Waals surface area contributed by atoms with Gasteiger partial charge in [0.05, 0.1) is 5.60 Å². The molecule has 0 heterocycles. The fourth-order valence-electron chi connectivity index (χ4n) is 1.98. The van der Waals surface area contributed by atoms with Crippen LogP contribution in [0.4, 0.5) is 0 Å². The molecule has 0 saturated heterocycles. The second-order valence-electron chi connectivity index (χ2n) is 3.55. The van der Waals surface area contributed by atoms with Gasteiger partial charge in [0.25, 0.3) is 0 Å². The van der Waals surface area contributed by atoms with Crippen LogP contribution < -0.4 is 0 Å². The third-order valence-corrected chi connectivity index (χ3v) is 2.83. The lowest BCUT2D eigenvalue weighted by atomic mass is 9.84. The Hall–Kier alpha value is -0.630. The van der Waals surface area contributed by atoms with Gasteiger partial charge in [0.1, 0.15) is 6.29 Å². The summed E-state index contributed by atoms with van der Waals surface area (Å²) in [4.78, 5) is 10.3. The number of rotatable bonds is 4. The van der Waals surface area contributed by atoms with Gasteiger partial charge in [-0.05, 0) is 18.8 Å². The molecule has 1 rings (SSSR count). The maximum atomic E-state index is 10.3. The van der Waals surface area contributed by atoms with Crippen LogP contribution in [0.2, 0.25) is 0 Å². The highest BCUT2D eigenvalue weighted by atomic mass is 16.3. The first-order valence-electron chi connectivity index (χ1n) is 4.52. The van der Waals surface area contributed by atoms with Crippen LogP contribution in [-0.4, -0.2) is 17.0 Å². The molecule has 0 radical (unpaired) electrons. The second-order valence-corrected chi connectivity index (χ2v) is 3.55. The number of carbonyl (C=O) groups excluding carboxylic acids is 1. The zero-order valence-corrected chi connectivity index (χ0v) is 7.33. The molecule has 1 aliphatic carbocycles. The molecule has 0 bridgehead atoms. The molecule has 1 unspecified atom stereocenters. The average Bonchev–Trinajstić information content (AvgIpc) is 2.57. The molecule has 1 aliphatic rings. The number of aldehydes is 1. The van der Waals surface area contributed by atoms with Crippen molar-refractivity contribution in [2.45, 2.75) is 37.7 Å². The fraction of sp³-hybridized carbons (Fsp3) is 0.700. The molecule has 12 heavy (non-hydrogen) atoms. The number of hydrogen-bond acceptors (Lipinski definition) is 2. The van der Waals surface area contributed by atoms with Crippen molar-refractivity contribution in [3.8, 4) is 0 Å². The molecule has 0 aromatic carbocycles. The van der Waals surface area contributed by atoms with Gasteiger partial charge in [-0.15, -0.1) is 6.58 Å². The molecule has 1 atom stereocenters. The monoisotopic (exact) mass is 168 g/mol. The number of aliphatic hydroxyl groups is 1. The molecular formula is C10H16O2. The molecule has 0 amide bonds. The van der Waals surface area contributed by atoms with Crippen molar-refractivity contribution in [2.75, 3.05) is 0 Å². The van der Waals surface area contributed by atoms with Crippen molar-refractivity contribution in [2.24, 2.45) is 5.92 Å². The smallest absolute Gasteiger partial charge is 0.123 e. The quantitative estimate of drug-likeness (QED) is 0.512. The summed E-state index contributed by atoms with van der Waals surface area (Å²) >= 11 is 0. The van der Waals surface area contributed by atoms with E-state index in [2.05, 4.69) is 6.58 Å². The van der Waals surface area contributed by atoms with E-state index < -0.39 is 5.60 Å². The summed E-state index contributed by atoms with van der Waals surface area (Å²) in [5.74, 6) is 0.250. The summed E-state index contributed by atoms with van der Waals surface area (Å²) < 4.78 is 0. The largest absolute Gasteiger partial charge is 0.385 e. The Kier molecular flexibility index (Phi) is 3.04. The Morgan fingerprint density at radius 2 is 2.08 bits per heavy atom. The molecule has 2 heteroatoms. The highest BCUT2D eigenvalue weighted by Gasteiger charge is 2.34. The van der Waals surface area contributed by atoms with E-state index in [-0.39, 0.29) is 12.3 Å². The molecule has 1 N–H and O–H groups in total. The zero-order chi connectivity index (χ0) is 9.03. The van der Waals surface area contributed by atoms with Crippen LogP contribution in [-0.2, 0) is 4.79 Å². The van der Waals surface area contributed by atoms with E-state index in [9.17, 15) is 9.90 Å². The third kappa shape index (κ3) is 1.75. The van der Waals surface area contributed by atoms with Crippen LogP contribution in [0, 0.1) is 5.92 Å². The van der Waals surface area contributed by atoms with Gasteiger partial charge < -0.3 is 9.90 Å². The van der Waals surface area contributed by atoms with Crippen LogP contribution in [0.3, 0.4) is 0 Å². The first kappa shape index (κ1) is 9.46. The fourth-order valence-corrected chi connectivity index (χ4v) is 1.98. The molecule has 0 aromatic rings. The lowest BCUT2D eigenvalue weighted by molar-refractivity contribution is -0.112. The highest BCUT2D eigenvalue weighted by Crippen LogP contribution is 2.36. The van der Waals surface area contributed by atoms with Crippen LogP contribution in [0.5, 0.6) is 0 Å². The number of hydrogen-bond donors (Lipinski definition) is 1. The Morgan fingerprint density at radius 3 is 2.50 bits per heavy atom. The second kappa shape index (κ2) is 3.85. The van der Waals surface area contributed by atoms with Crippen molar-refractivity contribution in [3.05, 3.63) is 12.7 Å². The molecular weight excluding hydrogens is 152 g/mol. The summed E-state index contributed by atoms with van der Waals surface area (Å²) in [7, 11) is 0. The van der Waals surface area contributed by atoms with Crippen molar-refractivity contribution >= 4 is 6.29 Å². The Labute approximate surface area is 73.3 Å². The van der Waals surface area contributed by atoms with E-state index in [1.54, 1.807) is 0 Å². The van der Waals surface area contributed by atoms with Gasteiger partial charge in [0, 0.05) is 6.42 Å². The van der Waals surface area contributed by atoms with E-state index in [1.807, 2.05) is 0 Å². The summed E-state index contributed by atoms with van der Waals surface area (Å²) in [5.41, 5.74) is -0.932. The Morgan fingerprint density at radius 1 is 1.50 bits per heavy atom. The third-order valence-electron chi connectivity index (χ3n) is 2.83. The molecule has 0 spiro atoms. The van der Waals surface area contributed by atoms with Crippen LogP contribution in [0.15, 0.2) is 12.7 Å². The first-order valence-corrected chi connectivity index (χ1v) is 4.52. The van der Waals surface area contributed by atoms with Gasteiger partial charge in [-0.1, -0.05) is 18.9 Å². The molecule has 1 saturated carbocycles. The lowest BCUT2D eigenvalue weighted by Crippen LogP contribution is -2.34. The SMILES string of the molecule is C=CC(O)(CC=O)C1CCCC1. The molecule has 0 aliphatic heterocycles. The summed E-state index contributed by atoms with van der Waals surface area (Å²) in [5, 5.41) is 9.97. The predicted octanol–water partition coefficient (Wildman–Crippen LogP) is 1.68. The minimum atomic E-state index is -0.932. The van der Waals surface area contributed by atoms with E-state index in [0.29, 0.717) is 0 Å². The molecule has 2 nitrogen and oxygen atoms in total. The maximum Gasteiger partial charge on any atom is 0.123 e. The topological polar surface area (TPSA) is 37.3 Å². The zero-order valence-electron chi connectivity index (χ0n) is 7.33. The predicted molar refractivity (Wildman–Crippen MR) is 47.8 cm³/mol. The van der Waals surface area contributed by atoms with E-state index in [0.717, 1.165) is 19.1 Å². The van der Waals surface area contributed by atoms with Gasteiger partial charge in [-0.2, -0.15) is 0 Å². The summed E-state index contributed by atoms with van der Waals surface area (Å²) in [6.45, 7) is 3.59. The average molecular weight is 168 g/mol. The Balaban J connectivity index is 2.62. The normalized spacial score (nSPS) is 23.4. The minimum absolute atomic E-state index is 0.196. The van der Waals surface area contributed by atoms with Crippen LogP contribution in [0.25, 0.3) is 0 Å². The van der Waals surface area contributed by atoms with E-state index in [1.165, 1.54) is 18.9 Å². The molecule has 1 fully saturated rings. The number of carbonyl (C=O) groups is 1. The minimum Gasteiger partial charge on any atom is -0.385 e. The molecule has 0 aromatic heterocycles. The van der Waals surface area contributed by atoms with Crippen LogP contribution in [0.1, 0.15) is 32.1 Å².